The Hall–Kier alpha value is -3.00. The number of anilines is 1. The van der Waals surface area contributed by atoms with Gasteiger partial charge in [-0.1, -0.05) is 55.0 Å². The van der Waals surface area contributed by atoms with E-state index in [1.165, 1.54) is 0 Å². The van der Waals surface area contributed by atoms with Crippen LogP contribution in [-0.4, -0.2) is 53.0 Å². The summed E-state index contributed by atoms with van der Waals surface area (Å²) in [5.41, 5.74) is 2.69. The van der Waals surface area contributed by atoms with Gasteiger partial charge in [0.1, 0.15) is 17.7 Å². The lowest BCUT2D eigenvalue weighted by Gasteiger charge is -2.34. The SMILES string of the molecule is CCCN(C(=O)C(CCSC)NC(=O)OC(C)(C)C)C(C(=O)Nc1ccccc1C)c1ccc(C)cc1. The van der Waals surface area contributed by atoms with Crippen molar-refractivity contribution in [2.45, 2.75) is 72.1 Å². The third kappa shape index (κ3) is 9.43. The fourth-order valence-corrected chi connectivity index (χ4v) is 4.36. The van der Waals surface area contributed by atoms with Crippen LogP contribution >= 0.6 is 11.8 Å². The number of benzene rings is 2. The zero-order valence-corrected chi connectivity index (χ0v) is 23.9. The number of amides is 3. The number of aryl methyl sites for hydroxylation is 2. The van der Waals surface area contributed by atoms with Gasteiger partial charge in [0.05, 0.1) is 0 Å². The summed E-state index contributed by atoms with van der Waals surface area (Å²) in [5.74, 6) is 0.0460. The number of ether oxygens (including phenoxy) is 1. The molecule has 0 aliphatic rings. The Kier molecular flexibility index (Phi) is 11.5. The molecule has 2 aromatic carbocycles. The summed E-state index contributed by atoms with van der Waals surface area (Å²) in [4.78, 5) is 42.0. The van der Waals surface area contributed by atoms with E-state index in [0.717, 1.165) is 11.1 Å². The van der Waals surface area contributed by atoms with E-state index in [4.69, 9.17) is 4.74 Å². The van der Waals surface area contributed by atoms with Gasteiger partial charge in [-0.25, -0.2) is 4.79 Å². The molecule has 2 unspecified atom stereocenters. The summed E-state index contributed by atoms with van der Waals surface area (Å²) < 4.78 is 5.43. The lowest BCUT2D eigenvalue weighted by Crippen LogP contribution is -2.52. The zero-order valence-electron chi connectivity index (χ0n) is 23.1. The van der Waals surface area contributed by atoms with E-state index in [1.54, 1.807) is 37.4 Å². The minimum atomic E-state index is -0.870. The van der Waals surface area contributed by atoms with E-state index in [-0.39, 0.29) is 11.8 Å². The first-order chi connectivity index (χ1) is 17.5. The normalized spacial score (nSPS) is 12.8. The highest BCUT2D eigenvalue weighted by atomic mass is 32.2. The van der Waals surface area contributed by atoms with Crippen molar-refractivity contribution in [3.63, 3.8) is 0 Å². The van der Waals surface area contributed by atoms with Crippen LogP contribution in [0.5, 0.6) is 0 Å². The van der Waals surface area contributed by atoms with Gasteiger partial charge >= 0.3 is 6.09 Å². The summed E-state index contributed by atoms with van der Waals surface area (Å²) in [7, 11) is 0. The quantitative estimate of drug-likeness (QED) is 0.382. The molecule has 0 saturated carbocycles. The Morgan fingerprint density at radius 3 is 2.24 bits per heavy atom. The number of hydrogen-bond acceptors (Lipinski definition) is 5. The number of alkyl carbamates (subject to hydrolysis) is 1. The molecule has 0 aliphatic carbocycles. The summed E-state index contributed by atoms with van der Waals surface area (Å²) >= 11 is 1.59. The average Bonchev–Trinajstić information content (AvgIpc) is 2.82. The molecule has 0 spiro atoms. The zero-order chi connectivity index (χ0) is 27.6. The maximum atomic E-state index is 14.0. The molecular formula is C29H41N3O4S. The van der Waals surface area contributed by atoms with Crippen molar-refractivity contribution < 1.29 is 19.1 Å². The van der Waals surface area contributed by atoms with Crippen LogP contribution < -0.4 is 10.6 Å². The number of carbonyl (C=O) groups is 3. The predicted molar refractivity (Wildman–Crippen MR) is 152 cm³/mol. The van der Waals surface area contributed by atoms with Gasteiger partial charge in [-0.2, -0.15) is 11.8 Å². The largest absolute Gasteiger partial charge is 0.444 e. The standard InChI is InChI=1S/C29H41N3O4S/c1-8-18-32(27(34)24(17-19-37-7)31-28(35)36-29(4,5)6)25(22-15-13-20(2)14-16-22)26(33)30-23-12-10-9-11-21(23)3/h9-16,24-25H,8,17-19H2,1-7H3,(H,30,33)(H,31,35). The van der Waals surface area contributed by atoms with Crippen LogP contribution in [0.25, 0.3) is 0 Å². The highest BCUT2D eigenvalue weighted by Gasteiger charge is 2.36. The van der Waals surface area contributed by atoms with E-state index in [2.05, 4.69) is 10.6 Å². The van der Waals surface area contributed by atoms with Crippen LogP contribution in [0.4, 0.5) is 10.5 Å². The fraction of sp³-hybridized carbons (Fsp3) is 0.483. The second kappa shape index (κ2) is 14.1. The molecule has 202 valence electrons. The van der Waals surface area contributed by atoms with E-state index >= 15 is 0 Å². The van der Waals surface area contributed by atoms with Gasteiger partial charge < -0.3 is 20.3 Å². The third-order valence-electron chi connectivity index (χ3n) is 5.70. The van der Waals surface area contributed by atoms with Crippen LogP contribution in [0.3, 0.4) is 0 Å². The molecule has 0 radical (unpaired) electrons. The van der Waals surface area contributed by atoms with Crippen molar-refractivity contribution in [1.82, 2.24) is 10.2 Å². The molecule has 3 amide bonds. The van der Waals surface area contributed by atoms with Crippen molar-refractivity contribution in [3.05, 3.63) is 65.2 Å². The Labute approximate surface area is 225 Å². The van der Waals surface area contributed by atoms with Crippen LogP contribution in [-0.2, 0) is 14.3 Å². The van der Waals surface area contributed by atoms with E-state index in [1.807, 2.05) is 75.6 Å². The first kappa shape index (κ1) is 30.2. The average molecular weight is 528 g/mol. The van der Waals surface area contributed by atoms with Crippen LogP contribution in [0.15, 0.2) is 48.5 Å². The molecule has 2 N–H and O–H groups in total. The smallest absolute Gasteiger partial charge is 0.408 e. The summed E-state index contributed by atoms with van der Waals surface area (Å²) in [6.07, 6.45) is 2.36. The Morgan fingerprint density at radius 1 is 1.03 bits per heavy atom. The van der Waals surface area contributed by atoms with Gasteiger partial charge in [0.25, 0.3) is 5.91 Å². The first-order valence-electron chi connectivity index (χ1n) is 12.7. The summed E-state index contributed by atoms with van der Waals surface area (Å²) in [6, 6.07) is 13.5. The minimum absolute atomic E-state index is 0.305. The number of nitrogens with zero attached hydrogens (tertiary/aromatic N) is 1. The minimum Gasteiger partial charge on any atom is -0.444 e. The van der Waals surface area contributed by atoms with Gasteiger partial charge in [-0.05, 0) is 76.7 Å². The maximum Gasteiger partial charge on any atom is 0.408 e. The summed E-state index contributed by atoms with van der Waals surface area (Å²) in [5, 5.41) is 5.78. The van der Waals surface area contributed by atoms with Crippen molar-refractivity contribution in [1.29, 1.82) is 0 Å². The monoisotopic (exact) mass is 527 g/mol. The van der Waals surface area contributed by atoms with Gasteiger partial charge in [-0.15, -0.1) is 0 Å². The number of nitrogens with one attached hydrogen (secondary N) is 2. The van der Waals surface area contributed by atoms with Gasteiger partial charge in [0.15, 0.2) is 0 Å². The van der Waals surface area contributed by atoms with E-state index in [9.17, 15) is 14.4 Å². The fourth-order valence-electron chi connectivity index (χ4n) is 3.89. The molecule has 2 atom stereocenters. The lowest BCUT2D eigenvalue weighted by molar-refractivity contribution is -0.140. The van der Waals surface area contributed by atoms with E-state index in [0.29, 0.717) is 36.4 Å². The van der Waals surface area contributed by atoms with Crippen LogP contribution in [0.1, 0.15) is 63.3 Å². The van der Waals surface area contributed by atoms with Crippen LogP contribution in [0, 0.1) is 13.8 Å². The molecule has 8 heteroatoms. The predicted octanol–water partition coefficient (Wildman–Crippen LogP) is 5.87. The molecule has 2 rings (SSSR count). The number of thioether (sulfide) groups is 1. The van der Waals surface area contributed by atoms with Crippen molar-refractivity contribution in [2.24, 2.45) is 0 Å². The Morgan fingerprint density at radius 2 is 1.68 bits per heavy atom. The summed E-state index contributed by atoms with van der Waals surface area (Å²) in [6.45, 7) is 11.5. The maximum absolute atomic E-state index is 14.0. The second-order valence-electron chi connectivity index (χ2n) is 10.1. The topological polar surface area (TPSA) is 87.7 Å². The second-order valence-corrected chi connectivity index (χ2v) is 11.1. The molecule has 7 nitrogen and oxygen atoms in total. The molecule has 37 heavy (non-hydrogen) atoms. The van der Waals surface area contributed by atoms with Crippen LogP contribution in [0.2, 0.25) is 0 Å². The Balaban J connectivity index is 2.47. The number of hydrogen-bond donors (Lipinski definition) is 2. The van der Waals surface area contributed by atoms with Gasteiger partial charge in [0, 0.05) is 12.2 Å². The lowest BCUT2D eigenvalue weighted by atomic mass is 10.0. The number of carbonyl (C=O) groups excluding carboxylic acids is 3. The van der Waals surface area contributed by atoms with Crippen molar-refractivity contribution >= 4 is 35.4 Å². The molecule has 2 aromatic rings. The highest BCUT2D eigenvalue weighted by Crippen LogP contribution is 2.26. The van der Waals surface area contributed by atoms with Gasteiger partial charge in [-0.3, -0.25) is 9.59 Å². The number of para-hydroxylation sites is 1. The molecule has 0 bridgehead atoms. The number of rotatable bonds is 11. The molecular weight excluding hydrogens is 486 g/mol. The first-order valence-corrected chi connectivity index (χ1v) is 14.1. The highest BCUT2D eigenvalue weighted by molar-refractivity contribution is 7.98. The van der Waals surface area contributed by atoms with Gasteiger partial charge in [0.2, 0.25) is 5.91 Å². The third-order valence-corrected chi connectivity index (χ3v) is 6.35. The molecule has 0 aliphatic heterocycles. The Bertz CT molecular complexity index is 1050. The van der Waals surface area contributed by atoms with Crippen molar-refractivity contribution in [3.8, 4) is 0 Å². The van der Waals surface area contributed by atoms with Crippen molar-refractivity contribution in [2.75, 3.05) is 23.9 Å². The molecule has 0 heterocycles. The van der Waals surface area contributed by atoms with E-state index < -0.39 is 23.8 Å². The molecule has 0 saturated heterocycles. The molecule has 0 aromatic heterocycles. The molecule has 0 fully saturated rings.